The van der Waals surface area contributed by atoms with Gasteiger partial charge < -0.3 is 10.2 Å². The number of carbonyl (C=O) groups excluding carboxylic acids is 1. The summed E-state index contributed by atoms with van der Waals surface area (Å²) in [6.45, 7) is 3.52. The van der Waals surface area contributed by atoms with Gasteiger partial charge in [0.15, 0.2) is 0 Å². The molecule has 1 saturated heterocycles. The van der Waals surface area contributed by atoms with E-state index in [2.05, 4.69) is 17.2 Å². The highest BCUT2D eigenvalue weighted by Crippen LogP contribution is 2.33. The first-order valence-corrected chi connectivity index (χ1v) is 12.7. The van der Waals surface area contributed by atoms with Crippen LogP contribution in [0.5, 0.6) is 0 Å². The van der Waals surface area contributed by atoms with E-state index in [1.54, 1.807) is 23.6 Å². The van der Waals surface area contributed by atoms with Crippen LogP contribution in [0, 0.1) is 17.7 Å². The molecule has 1 amide bonds. The molecule has 0 radical (unpaired) electrons. The summed E-state index contributed by atoms with van der Waals surface area (Å²) >= 11 is 1.28. The number of benzene rings is 1. The van der Waals surface area contributed by atoms with Gasteiger partial charge in [0.2, 0.25) is 11.9 Å². The average Bonchev–Trinajstić information content (AvgIpc) is 3.25. The van der Waals surface area contributed by atoms with Crippen molar-refractivity contribution in [3.63, 3.8) is 0 Å². The Balaban J connectivity index is 1.31. The monoisotopic (exact) mass is 468 g/mol. The lowest BCUT2D eigenvalue weighted by atomic mass is 9.85. The van der Waals surface area contributed by atoms with Gasteiger partial charge in [-0.25, -0.2) is 9.37 Å². The van der Waals surface area contributed by atoms with E-state index in [9.17, 15) is 14.0 Å². The molecule has 33 heavy (non-hydrogen) atoms. The van der Waals surface area contributed by atoms with Crippen molar-refractivity contribution < 1.29 is 9.18 Å². The van der Waals surface area contributed by atoms with Crippen LogP contribution in [0.3, 0.4) is 0 Å². The number of piperidine rings is 1. The van der Waals surface area contributed by atoms with Gasteiger partial charge in [0.25, 0.3) is 5.56 Å². The van der Waals surface area contributed by atoms with E-state index in [1.165, 1.54) is 36.7 Å². The molecule has 2 N–H and O–H groups in total. The van der Waals surface area contributed by atoms with E-state index < -0.39 is 0 Å². The third-order valence-electron chi connectivity index (χ3n) is 7.18. The number of hydrogen-bond acceptors (Lipinski definition) is 5. The minimum absolute atomic E-state index is 0.0130. The molecule has 1 aromatic carbocycles. The molecule has 1 aliphatic carbocycles. The average molecular weight is 469 g/mol. The molecule has 2 aliphatic rings. The fourth-order valence-electron chi connectivity index (χ4n) is 5.12. The molecule has 3 heterocycles. The second-order valence-corrected chi connectivity index (χ2v) is 10.2. The maximum Gasteiger partial charge on any atom is 0.270 e. The Bertz CT molecular complexity index is 1210. The van der Waals surface area contributed by atoms with Crippen molar-refractivity contribution in [1.29, 1.82) is 0 Å². The largest absolute Gasteiger partial charge is 0.353 e. The van der Waals surface area contributed by atoms with Gasteiger partial charge >= 0.3 is 0 Å². The van der Waals surface area contributed by atoms with E-state index in [1.807, 2.05) is 4.90 Å². The molecule has 0 bridgehead atoms. The van der Waals surface area contributed by atoms with Crippen molar-refractivity contribution in [2.75, 3.05) is 18.0 Å². The van der Waals surface area contributed by atoms with Gasteiger partial charge in [-0.1, -0.05) is 38.0 Å². The van der Waals surface area contributed by atoms with Crippen LogP contribution in [0.15, 0.2) is 34.4 Å². The number of carbonyl (C=O) groups is 1. The van der Waals surface area contributed by atoms with Crippen molar-refractivity contribution in [2.45, 2.75) is 51.5 Å². The summed E-state index contributed by atoms with van der Waals surface area (Å²) in [5.74, 6) is 0.840. The normalized spacial score (nSPS) is 21.9. The van der Waals surface area contributed by atoms with E-state index in [-0.39, 0.29) is 23.2 Å². The van der Waals surface area contributed by atoms with Gasteiger partial charge in [0.1, 0.15) is 10.5 Å². The van der Waals surface area contributed by atoms with Crippen LogP contribution in [0.1, 0.15) is 45.4 Å². The molecule has 1 saturated carbocycles. The minimum atomic E-state index is -0.333. The highest BCUT2D eigenvalue weighted by molar-refractivity contribution is 7.17. The standard InChI is InChI=1S/C25H29FN4O2S/c1-15-6-2-5-9-20(15)27-23(31)16-10-12-30(13-11-16)25-28-21-18(14-33-22(21)24(32)29-25)17-7-3-4-8-19(17)26/h3-4,7-8,14-16,20H,2,5-6,9-13H2,1H3,(H,27,31)(H,28,29,32)/t15-,20+/m1/s1. The number of rotatable bonds is 4. The van der Waals surface area contributed by atoms with Gasteiger partial charge in [0, 0.05) is 41.6 Å². The van der Waals surface area contributed by atoms with Crippen LogP contribution in [0.25, 0.3) is 21.3 Å². The van der Waals surface area contributed by atoms with Crippen LogP contribution in [0.2, 0.25) is 0 Å². The Labute approximate surface area is 196 Å². The molecular formula is C25H29FN4O2S. The van der Waals surface area contributed by atoms with Crippen LogP contribution in [-0.4, -0.2) is 35.0 Å². The topological polar surface area (TPSA) is 78.1 Å². The van der Waals surface area contributed by atoms with Crippen molar-refractivity contribution in [1.82, 2.24) is 15.3 Å². The number of H-pyrrole nitrogens is 1. The molecule has 5 rings (SSSR count). The van der Waals surface area contributed by atoms with E-state index >= 15 is 0 Å². The molecule has 2 aromatic heterocycles. The highest BCUT2D eigenvalue weighted by atomic mass is 32.1. The van der Waals surface area contributed by atoms with Gasteiger partial charge in [-0.3, -0.25) is 14.6 Å². The number of fused-ring (bicyclic) bond motifs is 1. The van der Waals surface area contributed by atoms with Crippen molar-refractivity contribution in [3.8, 4) is 11.1 Å². The zero-order valence-electron chi connectivity index (χ0n) is 18.8. The Morgan fingerprint density at radius 3 is 2.67 bits per heavy atom. The fourth-order valence-corrected chi connectivity index (χ4v) is 6.02. The van der Waals surface area contributed by atoms with E-state index in [0.717, 1.165) is 19.3 Å². The molecule has 1 aliphatic heterocycles. The zero-order valence-corrected chi connectivity index (χ0v) is 19.6. The number of halogens is 1. The summed E-state index contributed by atoms with van der Waals surface area (Å²) < 4.78 is 14.9. The van der Waals surface area contributed by atoms with Gasteiger partial charge in [-0.05, 0) is 37.7 Å². The Hall–Kier alpha value is -2.74. The summed E-state index contributed by atoms with van der Waals surface area (Å²) in [5.41, 5.74) is 1.39. The van der Waals surface area contributed by atoms with Crippen molar-refractivity contribution >= 4 is 33.4 Å². The maximum atomic E-state index is 14.4. The van der Waals surface area contributed by atoms with Crippen LogP contribution >= 0.6 is 11.3 Å². The lowest BCUT2D eigenvalue weighted by molar-refractivity contribution is -0.126. The SMILES string of the molecule is C[C@@H]1CCCC[C@@H]1NC(=O)C1CCN(c2nc3c(-c4ccccc4F)csc3c(=O)[nH]2)CC1. The molecule has 0 unspecified atom stereocenters. The quantitative estimate of drug-likeness (QED) is 0.582. The number of thiophene rings is 1. The number of hydrogen-bond donors (Lipinski definition) is 2. The Morgan fingerprint density at radius 2 is 1.91 bits per heavy atom. The molecule has 2 atom stereocenters. The molecule has 0 spiro atoms. The molecule has 6 nitrogen and oxygen atoms in total. The number of amides is 1. The number of aromatic nitrogens is 2. The smallest absolute Gasteiger partial charge is 0.270 e. The second-order valence-electron chi connectivity index (χ2n) is 9.33. The highest BCUT2D eigenvalue weighted by Gasteiger charge is 2.30. The first-order valence-electron chi connectivity index (χ1n) is 11.8. The maximum absolute atomic E-state index is 14.4. The summed E-state index contributed by atoms with van der Waals surface area (Å²) in [4.78, 5) is 35.2. The predicted molar refractivity (Wildman–Crippen MR) is 130 cm³/mol. The first-order chi connectivity index (χ1) is 16.0. The second kappa shape index (κ2) is 9.25. The van der Waals surface area contributed by atoms with E-state index in [0.29, 0.717) is 52.3 Å². The molecule has 3 aromatic rings. The predicted octanol–water partition coefficient (Wildman–Crippen LogP) is 4.70. The molecule has 8 heteroatoms. The lowest BCUT2D eigenvalue weighted by Gasteiger charge is -2.34. The summed E-state index contributed by atoms with van der Waals surface area (Å²) in [7, 11) is 0. The first kappa shape index (κ1) is 22.1. The molecule has 174 valence electrons. The third kappa shape index (κ3) is 4.40. The minimum Gasteiger partial charge on any atom is -0.353 e. The molecular weight excluding hydrogens is 439 g/mol. The zero-order chi connectivity index (χ0) is 22.9. The van der Waals surface area contributed by atoms with Crippen molar-refractivity contribution in [2.24, 2.45) is 11.8 Å². The van der Waals surface area contributed by atoms with Crippen LogP contribution in [-0.2, 0) is 4.79 Å². The molecule has 2 fully saturated rings. The van der Waals surface area contributed by atoms with Crippen molar-refractivity contribution in [3.05, 3.63) is 45.8 Å². The van der Waals surface area contributed by atoms with Gasteiger partial charge in [-0.15, -0.1) is 11.3 Å². The number of anilines is 1. The number of nitrogens with one attached hydrogen (secondary N) is 2. The third-order valence-corrected chi connectivity index (χ3v) is 8.15. The summed E-state index contributed by atoms with van der Waals surface area (Å²) in [6, 6.07) is 6.84. The fraction of sp³-hybridized carbons (Fsp3) is 0.480. The van der Waals surface area contributed by atoms with Crippen LogP contribution < -0.4 is 15.8 Å². The van der Waals surface area contributed by atoms with Gasteiger partial charge in [0.05, 0.1) is 5.52 Å². The summed E-state index contributed by atoms with van der Waals surface area (Å²) in [5, 5.41) is 5.08. The Kier molecular flexibility index (Phi) is 6.19. The number of nitrogens with zero attached hydrogens (tertiary/aromatic N) is 2. The van der Waals surface area contributed by atoms with Gasteiger partial charge in [-0.2, -0.15) is 0 Å². The Morgan fingerprint density at radius 1 is 1.15 bits per heavy atom. The van der Waals surface area contributed by atoms with E-state index in [4.69, 9.17) is 4.98 Å². The number of aromatic amines is 1. The lowest BCUT2D eigenvalue weighted by Crippen LogP contribution is -2.47. The summed E-state index contributed by atoms with van der Waals surface area (Å²) in [6.07, 6.45) is 6.14. The van der Waals surface area contributed by atoms with Crippen LogP contribution in [0.4, 0.5) is 10.3 Å².